The average Bonchev–Trinajstić information content (AvgIpc) is 3.04. The van der Waals surface area contributed by atoms with Crippen LogP contribution in [-0.2, 0) is 26.1 Å². The molecule has 0 aliphatic carbocycles. The second-order valence-corrected chi connectivity index (χ2v) is 8.09. The van der Waals surface area contributed by atoms with Crippen LogP contribution in [0.1, 0.15) is 18.9 Å². The highest BCUT2D eigenvalue weighted by atomic mass is 32.2. The van der Waals surface area contributed by atoms with Crippen LogP contribution in [0.15, 0.2) is 24.3 Å². The van der Waals surface area contributed by atoms with Gasteiger partial charge in [-0.2, -0.15) is 0 Å². The van der Waals surface area contributed by atoms with E-state index >= 15 is 0 Å². The van der Waals surface area contributed by atoms with Gasteiger partial charge in [0.05, 0.1) is 7.11 Å². The van der Waals surface area contributed by atoms with E-state index in [1.807, 2.05) is 50.2 Å². The van der Waals surface area contributed by atoms with E-state index in [1.165, 1.54) is 7.11 Å². The van der Waals surface area contributed by atoms with E-state index in [9.17, 15) is 13.2 Å². The molecule has 3 N–H and O–H groups in total. The van der Waals surface area contributed by atoms with Crippen molar-refractivity contribution in [2.24, 2.45) is 5.92 Å². The molecule has 1 saturated heterocycles. The van der Waals surface area contributed by atoms with Gasteiger partial charge in [0.25, 0.3) is 0 Å². The number of ether oxygens (including phenoxy) is 1. The Morgan fingerprint density at radius 2 is 1.88 bits per heavy atom. The van der Waals surface area contributed by atoms with E-state index in [-0.39, 0.29) is 12.6 Å². The summed E-state index contributed by atoms with van der Waals surface area (Å²) < 4.78 is 32.6. The van der Waals surface area contributed by atoms with Gasteiger partial charge in [-0.3, -0.25) is 10.2 Å². The number of hydrogen-bond donors (Lipinski definition) is 3. The lowest BCUT2D eigenvalue weighted by Crippen LogP contribution is -2.47. The second kappa shape index (κ2) is 8.13. The van der Waals surface area contributed by atoms with Gasteiger partial charge in [-0.1, -0.05) is 19.1 Å². The number of hydrogen-bond acceptors (Lipinski definition) is 7. The van der Waals surface area contributed by atoms with Gasteiger partial charge in [-0.05, 0) is 24.1 Å². The molecule has 3 unspecified atom stereocenters. The SMILES string of the molecule is CCC1NNC(S(=O)(=O)NCc2ccc(N(C)C)cc2)C1C(=O)OC. The van der Waals surface area contributed by atoms with Crippen molar-refractivity contribution in [2.45, 2.75) is 31.3 Å². The van der Waals surface area contributed by atoms with Gasteiger partial charge in [-0.15, -0.1) is 0 Å². The number of esters is 1. The molecule has 25 heavy (non-hydrogen) atoms. The van der Waals surface area contributed by atoms with Gasteiger partial charge in [0.2, 0.25) is 10.0 Å². The molecule has 140 valence electrons. The Kier molecular flexibility index (Phi) is 6.39. The predicted octanol–water partition coefficient (Wildman–Crippen LogP) is 0.174. The molecule has 1 aliphatic rings. The molecule has 1 aromatic carbocycles. The van der Waals surface area contributed by atoms with Crippen molar-refractivity contribution in [1.29, 1.82) is 0 Å². The standard InChI is InChI=1S/C16H26N4O4S/c1-5-13-14(16(21)24-4)15(19-18-13)25(22,23)17-10-11-6-8-12(9-7-11)20(2)3/h6-9,13-15,17-19H,5,10H2,1-4H3. The van der Waals surface area contributed by atoms with Crippen molar-refractivity contribution < 1.29 is 17.9 Å². The van der Waals surface area contributed by atoms with Gasteiger partial charge in [0, 0.05) is 32.4 Å². The molecule has 0 bridgehead atoms. The zero-order chi connectivity index (χ0) is 18.6. The summed E-state index contributed by atoms with van der Waals surface area (Å²) in [6.45, 7) is 2.03. The highest BCUT2D eigenvalue weighted by Gasteiger charge is 2.47. The molecule has 0 saturated carbocycles. The summed E-state index contributed by atoms with van der Waals surface area (Å²) in [6.07, 6.45) is 0.602. The summed E-state index contributed by atoms with van der Waals surface area (Å²) in [5.74, 6) is -1.35. The van der Waals surface area contributed by atoms with Crippen LogP contribution >= 0.6 is 0 Å². The number of carbonyl (C=O) groups excluding carboxylic acids is 1. The van der Waals surface area contributed by atoms with E-state index in [0.717, 1.165) is 11.3 Å². The first-order chi connectivity index (χ1) is 11.8. The first-order valence-electron chi connectivity index (χ1n) is 8.13. The molecule has 0 aromatic heterocycles. The summed E-state index contributed by atoms with van der Waals surface area (Å²) in [4.78, 5) is 14.0. The number of anilines is 1. The molecule has 1 aromatic rings. The minimum Gasteiger partial charge on any atom is -0.469 e. The third-order valence-electron chi connectivity index (χ3n) is 4.35. The van der Waals surface area contributed by atoms with E-state index in [0.29, 0.717) is 6.42 Å². The monoisotopic (exact) mass is 370 g/mol. The molecular weight excluding hydrogens is 344 g/mol. The third kappa shape index (κ3) is 4.49. The predicted molar refractivity (Wildman–Crippen MR) is 96.2 cm³/mol. The topological polar surface area (TPSA) is 99.8 Å². The molecule has 1 fully saturated rings. The Morgan fingerprint density at radius 3 is 2.40 bits per heavy atom. The van der Waals surface area contributed by atoms with Crippen LogP contribution in [0, 0.1) is 5.92 Å². The van der Waals surface area contributed by atoms with Crippen molar-refractivity contribution in [1.82, 2.24) is 15.6 Å². The van der Waals surface area contributed by atoms with Gasteiger partial charge in [-0.25, -0.2) is 18.6 Å². The first kappa shape index (κ1) is 19.6. The lowest BCUT2D eigenvalue weighted by atomic mass is 10.00. The van der Waals surface area contributed by atoms with Crippen molar-refractivity contribution in [3.63, 3.8) is 0 Å². The van der Waals surface area contributed by atoms with Gasteiger partial charge in [0.15, 0.2) is 5.37 Å². The molecule has 3 atom stereocenters. The molecule has 9 heteroatoms. The maximum absolute atomic E-state index is 12.6. The largest absolute Gasteiger partial charge is 0.469 e. The fraction of sp³-hybridized carbons (Fsp3) is 0.562. The van der Waals surface area contributed by atoms with Gasteiger partial charge in [0.1, 0.15) is 5.92 Å². The van der Waals surface area contributed by atoms with Crippen LogP contribution in [0.4, 0.5) is 5.69 Å². The third-order valence-corrected chi connectivity index (χ3v) is 5.97. The van der Waals surface area contributed by atoms with E-state index < -0.39 is 27.3 Å². The number of rotatable bonds is 7. The maximum atomic E-state index is 12.6. The summed E-state index contributed by atoms with van der Waals surface area (Å²) in [5, 5.41) is -1.08. The molecule has 1 heterocycles. The number of carbonyl (C=O) groups is 1. The van der Waals surface area contributed by atoms with Crippen molar-refractivity contribution in [3.05, 3.63) is 29.8 Å². The number of sulfonamides is 1. The minimum atomic E-state index is -3.77. The van der Waals surface area contributed by atoms with Crippen molar-refractivity contribution in [3.8, 4) is 0 Å². The lowest BCUT2D eigenvalue weighted by molar-refractivity contribution is -0.145. The van der Waals surface area contributed by atoms with Crippen molar-refractivity contribution >= 4 is 21.7 Å². The van der Waals surface area contributed by atoms with Crippen LogP contribution in [0.25, 0.3) is 0 Å². The van der Waals surface area contributed by atoms with Gasteiger partial charge < -0.3 is 9.64 Å². The quantitative estimate of drug-likeness (QED) is 0.589. The number of methoxy groups -OCH3 is 1. The normalized spacial score (nSPS) is 23.4. The molecular formula is C16H26N4O4S. The van der Waals surface area contributed by atoms with E-state index in [2.05, 4.69) is 15.6 Å². The first-order valence-corrected chi connectivity index (χ1v) is 9.68. The number of hydrazine groups is 1. The smallest absolute Gasteiger partial charge is 0.313 e. The molecule has 0 spiro atoms. The van der Waals surface area contributed by atoms with Crippen LogP contribution in [0.5, 0.6) is 0 Å². The van der Waals surface area contributed by atoms with Crippen LogP contribution < -0.4 is 20.5 Å². The fourth-order valence-corrected chi connectivity index (χ4v) is 4.27. The zero-order valence-electron chi connectivity index (χ0n) is 14.9. The Balaban J connectivity index is 2.08. The summed E-state index contributed by atoms with van der Waals surface area (Å²) in [7, 11) is 1.37. The highest BCUT2D eigenvalue weighted by Crippen LogP contribution is 2.23. The molecule has 8 nitrogen and oxygen atoms in total. The number of nitrogens with zero attached hydrogens (tertiary/aromatic N) is 1. The molecule has 0 radical (unpaired) electrons. The van der Waals surface area contributed by atoms with Crippen LogP contribution in [-0.4, -0.2) is 47.0 Å². The molecule has 2 rings (SSSR count). The average molecular weight is 370 g/mol. The molecule has 0 amide bonds. The summed E-state index contributed by atoms with van der Waals surface area (Å²) in [5.41, 5.74) is 7.45. The summed E-state index contributed by atoms with van der Waals surface area (Å²) in [6, 6.07) is 7.27. The lowest BCUT2D eigenvalue weighted by Gasteiger charge is -2.20. The minimum absolute atomic E-state index is 0.152. The molecule has 1 aliphatic heterocycles. The summed E-state index contributed by atoms with van der Waals surface area (Å²) >= 11 is 0. The number of benzene rings is 1. The van der Waals surface area contributed by atoms with Gasteiger partial charge >= 0.3 is 5.97 Å². The zero-order valence-corrected chi connectivity index (χ0v) is 15.8. The van der Waals surface area contributed by atoms with Crippen molar-refractivity contribution in [2.75, 3.05) is 26.1 Å². The van der Waals surface area contributed by atoms with E-state index in [1.54, 1.807) is 0 Å². The van der Waals surface area contributed by atoms with Crippen LogP contribution in [0.2, 0.25) is 0 Å². The second-order valence-electron chi connectivity index (χ2n) is 6.20. The Morgan fingerprint density at radius 1 is 1.24 bits per heavy atom. The van der Waals surface area contributed by atoms with E-state index in [4.69, 9.17) is 4.74 Å². The van der Waals surface area contributed by atoms with Crippen LogP contribution in [0.3, 0.4) is 0 Å². The highest BCUT2D eigenvalue weighted by molar-refractivity contribution is 7.90. The number of nitrogens with one attached hydrogen (secondary N) is 3. The fourth-order valence-electron chi connectivity index (χ4n) is 2.82. The Labute approximate surface area is 148 Å². The maximum Gasteiger partial charge on any atom is 0.313 e. The Bertz CT molecular complexity index is 691. The Hall–Kier alpha value is -1.68.